The average molecular weight is 408 g/mol. The number of piperidine rings is 1. The summed E-state index contributed by atoms with van der Waals surface area (Å²) in [6, 6.07) is 9.47. The van der Waals surface area contributed by atoms with Crippen molar-refractivity contribution in [2.45, 2.75) is 45.1 Å². The number of hydrogen-bond acceptors (Lipinski definition) is 5. The highest BCUT2D eigenvalue weighted by Crippen LogP contribution is 2.34. The van der Waals surface area contributed by atoms with Gasteiger partial charge >= 0.3 is 0 Å². The maximum absolute atomic E-state index is 13.1. The van der Waals surface area contributed by atoms with Gasteiger partial charge in [0, 0.05) is 48.6 Å². The second-order valence-corrected chi connectivity index (χ2v) is 8.83. The Hall–Kier alpha value is -3.09. The molecule has 1 N–H and O–H groups in total. The van der Waals surface area contributed by atoms with E-state index in [1.165, 1.54) is 0 Å². The number of imidazole rings is 1. The number of fused-ring (bicyclic) bond motifs is 1. The highest BCUT2D eigenvalue weighted by Gasteiger charge is 2.30. The van der Waals surface area contributed by atoms with Crippen molar-refractivity contribution in [1.29, 1.82) is 0 Å². The number of nitrogens with zero attached hydrogens (tertiary/aromatic N) is 4. The number of rotatable bonds is 4. The Morgan fingerprint density at radius 3 is 2.87 bits per heavy atom. The van der Waals surface area contributed by atoms with E-state index in [2.05, 4.69) is 35.5 Å². The molecule has 0 aromatic carbocycles. The van der Waals surface area contributed by atoms with Crippen molar-refractivity contribution >= 4 is 17.4 Å². The summed E-state index contributed by atoms with van der Waals surface area (Å²) in [5.41, 5.74) is 2.45. The number of carbonyl (C=O) groups is 1. The number of carbonyl (C=O) groups excluding carboxylic acids is 1. The van der Waals surface area contributed by atoms with Crippen LogP contribution in [-0.2, 0) is 0 Å². The third kappa shape index (κ3) is 4.10. The number of methoxy groups -OCH3 is 1. The number of hydrogen-bond donors (Lipinski definition) is 1. The summed E-state index contributed by atoms with van der Waals surface area (Å²) in [5.74, 6) is 1.65. The predicted molar refractivity (Wildman–Crippen MR) is 117 cm³/mol. The molecule has 1 amide bonds. The summed E-state index contributed by atoms with van der Waals surface area (Å²) in [6.45, 7) is 7.83. The molecular formula is C23H29N5O2. The number of likely N-dealkylation sites (tertiary alicyclic amines) is 1. The van der Waals surface area contributed by atoms with Gasteiger partial charge in [0.1, 0.15) is 11.5 Å². The Morgan fingerprint density at radius 2 is 2.10 bits per heavy atom. The first-order valence-electron chi connectivity index (χ1n) is 10.4. The zero-order valence-electron chi connectivity index (χ0n) is 18.1. The number of anilines is 1. The minimum Gasteiger partial charge on any atom is -0.481 e. The van der Waals surface area contributed by atoms with Crippen LogP contribution in [0.2, 0.25) is 0 Å². The summed E-state index contributed by atoms with van der Waals surface area (Å²) in [6.07, 6.45) is 5.60. The number of nitrogens with one attached hydrogen (secondary N) is 1. The molecule has 1 aliphatic rings. The van der Waals surface area contributed by atoms with Crippen molar-refractivity contribution in [2.75, 3.05) is 25.5 Å². The Labute approximate surface area is 177 Å². The molecule has 0 radical (unpaired) electrons. The van der Waals surface area contributed by atoms with Crippen LogP contribution in [0.4, 0.5) is 5.82 Å². The molecule has 1 fully saturated rings. The fraction of sp³-hybridized carbons (Fsp3) is 0.435. The van der Waals surface area contributed by atoms with Crippen LogP contribution in [0.3, 0.4) is 0 Å². The van der Waals surface area contributed by atoms with Crippen molar-refractivity contribution in [2.24, 2.45) is 0 Å². The van der Waals surface area contributed by atoms with E-state index < -0.39 is 0 Å². The van der Waals surface area contributed by atoms with E-state index in [1.54, 1.807) is 25.4 Å². The van der Waals surface area contributed by atoms with Gasteiger partial charge in [0.05, 0.1) is 12.8 Å². The standard InChI is InChI=1S/C23H29N5O2/c1-23(2,3)26-21-20(25-18-9-5-6-13-28(18)21)17-8-7-12-27(15-17)22(29)16-10-11-24-19(14-16)30-4/h5-6,9-11,13-14,17,26H,7-8,12,15H2,1-4H3/t17-/m1/s1. The van der Waals surface area contributed by atoms with Gasteiger partial charge in [-0.25, -0.2) is 9.97 Å². The third-order valence-corrected chi connectivity index (χ3v) is 5.34. The minimum absolute atomic E-state index is 0.00879. The largest absolute Gasteiger partial charge is 0.481 e. The second-order valence-electron chi connectivity index (χ2n) is 8.83. The quantitative estimate of drug-likeness (QED) is 0.709. The van der Waals surface area contributed by atoms with Crippen LogP contribution in [0.15, 0.2) is 42.7 Å². The van der Waals surface area contributed by atoms with Crippen LogP contribution in [0.1, 0.15) is 55.6 Å². The first-order chi connectivity index (χ1) is 14.4. The van der Waals surface area contributed by atoms with Gasteiger partial charge in [0.2, 0.25) is 5.88 Å². The molecule has 3 aromatic rings. The van der Waals surface area contributed by atoms with Crippen molar-refractivity contribution in [1.82, 2.24) is 19.3 Å². The highest BCUT2D eigenvalue weighted by molar-refractivity contribution is 5.94. The topological polar surface area (TPSA) is 71.8 Å². The molecule has 0 aliphatic carbocycles. The molecule has 158 valence electrons. The maximum Gasteiger partial charge on any atom is 0.254 e. The summed E-state index contributed by atoms with van der Waals surface area (Å²) in [4.78, 5) is 24.1. The lowest BCUT2D eigenvalue weighted by molar-refractivity contribution is 0.0705. The number of pyridine rings is 2. The van der Waals surface area contributed by atoms with Crippen LogP contribution >= 0.6 is 0 Å². The van der Waals surface area contributed by atoms with Gasteiger partial charge in [-0.3, -0.25) is 9.20 Å². The van der Waals surface area contributed by atoms with Crippen molar-refractivity contribution in [3.8, 4) is 5.88 Å². The molecule has 1 atom stereocenters. The van der Waals surface area contributed by atoms with Gasteiger partial charge in [-0.2, -0.15) is 0 Å². The minimum atomic E-state index is -0.0989. The van der Waals surface area contributed by atoms with E-state index >= 15 is 0 Å². The molecule has 7 nitrogen and oxygen atoms in total. The van der Waals surface area contributed by atoms with Gasteiger partial charge in [-0.1, -0.05) is 6.07 Å². The summed E-state index contributed by atoms with van der Waals surface area (Å²) >= 11 is 0. The second kappa shape index (κ2) is 7.97. The first kappa shape index (κ1) is 20.2. The van der Waals surface area contributed by atoms with E-state index in [1.807, 2.05) is 29.3 Å². The SMILES string of the molecule is COc1cc(C(=O)N2CCC[C@@H](c3nc4ccccn4c3NC(C)(C)C)C2)ccn1. The van der Waals surface area contributed by atoms with E-state index in [-0.39, 0.29) is 17.4 Å². The summed E-state index contributed by atoms with van der Waals surface area (Å²) < 4.78 is 7.28. The summed E-state index contributed by atoms with van der Waals surface area (Å²) in [5, 5.41) is 3.63. The zero-order valence-corrected chi connectivity index (χ0v) is 18.1. The molecule has 1 aliphatic heterocycles. The predicted octanol–water partition coefficient (Wildman–Crippen LogP) is 3.97. The third-order valence-electron chi connectivity index (χ3n) is 5.34. The molecule has 0 saturated carbocycles. The maximum atomic E-state index is 13.1. The van der Waals surface area contributed by atoms with Gasteiger partial charge in [-0.15, -0.1) is 0 Å². The van der Waals surface area contributed by atoms with Gasteiger partial charge in [0.15, 0.2) is 0 Å². The smallest absolute Gasteiger partial charge is 0.254 e. The number of ether oxygens (including phenoxy) is 1. The monoisotopic (exact) mass is 407 g/mol. The van der Waals surface area contributed by atoms with Gasteiger partial charge < -0.3 is 15.0 Å². The number of aromatic nitrogens is 3. The molecule has 7 heteroatoms. The van der Waals surface area contributed by atoms with Crippen molar-refractivity contribution in [3.63, 3.8) is 0 Å². The van der Waals surface area contributed by atoms with Crippen LogP contribution < -0.4 is 10.1 Å². The Balaban J connectivity index is 1.64. The van der Waals surface area contributed by atoms with E-state index in [9.17, 15) is 4.79 Å². The molecular weight excluding hydrogens is 378 g/mol. The van der Waals surface area contributed by atoms with Crippen molar-refractivity contribution in [3.05, 3.63) is 54.0 Å². The first-order valence-corrected chi connectivity index (χ1v) is 10.4. The van der Waals surface area contributed by atoms with Crippen LogP contribution in [-0.4, -0.2) is 50.9 Å². The van der Waals surface area contributed by atoms with Crippen molar-refractivity contribution < 1.29 is 9.53 Å². The van der Waals surface area contributed by atoms with Crippen LogP contribution in [0.5, 0.6) is 5.88 Å². The Morgan fingerprint density at radius 1 is 1.27 bits per heavy atom. The fourth-order valence-corrected chi connectivity index (χ4v) is 4.00. The normalized spacial score (nSPS) is 17.2. The van der Waals surface area contributed by atoms with E-state index in [0.717, 1.165) is 36.5 Å². The Bertz CT molecular complexity index is 1050. The molecule has 1 saturated heterocycles. The van der Waals surface area contributed by atoms with Crippen LogP contribution in [0.25, 0.3) is 5.65 Å². The molecule has 0 unspecified atom stereocenters. The average Bonchev–Trinajstić information content (AvgIpc) is 3.10. The highest BCUT2D eigenvalue weighted by atomic mass is 16.5. The lowest BCUT2D eigenvalue weighted by Gasteiger charge is -2.33. The zero-order chi connectivity index (χ0) is 21.3. The van der Waals surface area contributed by atoms with Gasteiger partial charge in [0.25, 0.3) is 5.91 Å². The molecule has 0 spiro atoms. The number of amides is 1. The molecule has 4 heterocycles. The van der Waals surface area contributed by atoms with Gasteiger partial charge in [-0.05, 0) is 51.8 Å². The lowest BCUT2D eigenvalue weighted by Crippen LogP contribution is -2.39. The van der Waals surface area contributed by atoms with E-state index in [4.69, 9.17) is 9.72 Å². The Kier molecular flexibility index (Phi) is 5.37. The van der Waals surface area contributed by atoms with Crippen LogP contribution in [0, 0.1) is 0 Å². The molecule has 0 bridgehead atoms. The lowest BCUT2D eigenvalue weighted by atomic mass is 9.93. The summed E-state index contributed by atoms with van der Waals surface area (Å²) in [7, 11) is 1.56. The van der Waals surface area contributed by atoms with E-state index in [0.29, 0.717) is 18.0 Å². The molecule has 4 rings (SSSR count). The molecule has 3 aromatic heterocycles. The molecule has 30 heavy (non-hydrogen) atoms. The fourth-order valence-electron chi connectivity index (χ4n) is 4.00.